The number of aliphatic hydroxyl groups is 1. The van der Waals surface area contributed by atoms with Crippen LogP contribution in [0.15, 0.2) is 67.3 Å². The van der Waals surface area contributed by atoms with Crippen molar-refractivity contribution in [1.29, 1.82) is 0 Å². The molecule has 3 heterocycles. The first-order valence-electron chi connectivity index (χ1n) is 7.79. The minimum atomic E-state index is 0.0109. The Labute approximate surface area is 139 Å². The normalized spacial score (nSPS) is 11.0. The number of hydrogen-bond donors (Lipinski definition) is 2. The van der Waals surface area contributed by atoms with E-state index in [1.165, 1.54) is 0 Å². The first-order chi connectivity index (χ1) is 11.8. The number of aliphatic hydroxyl groups excluding tert-OH is 1. The molecule has 120 valence electrons. The Bertz CT molecular complexity index is 941. The molecule has 0 atom stereocenters. The van der Waals surface area contributed by atoms with Crippen molar-refractivity contribution in [2.24, 2.45) is 0 Å². The molecule has 4 aromatic rings. The predicted molar refractivity (Wildman–Crippen MR) is 93.0 cm³/mol. The number of rotatable bonds is 5. The van der Waals surface area contributed by atoms with Gasteiger partial charge in [-0.3, -0.25) is 4.40 Å². The molecular weight excluding hydrogens is 302 g/mol. The van der Waals surface area contributed by atoms with Gasteiger partial charge < -0.3 is 14.8 Å². The van der Waals surface area contributed by atoms with Crippen LogP contribution in [0.5, 0.6) is 5.75 Å². The second kappa shape index (κ2) is 6.22. The van der Waals surface area contributed by atoms with Crippen LogP contribution < -0.4 is 4.74 Å². The zero-order valence-electron chi connectivity index (χ0n) is 13.0. The molecule has 0 amide bonds. The lowest BCUT2D eigenvalue weighted by atomic mass is 10.1. The van der Waals surface area contributed by atoms with Crippen molar-refractivity contribution in [2.45, 2.75) is 0 Å². The Kier molecular flexibility index (Phi) is 3.76. The Morgan fingerprint density at radius 1 is 1.00 bits per heavy atom. The van der Waals surface area contributed by atoms with E-state index in [0.29, 0.717) is 6.61 Å². The topological polar surface area (TPSA) is 62.5 Å². The van der Waals surface area contributed by atoms with Crippen molar-refractivity contribution in [3.05, 3.63) is 67.3 Å². The van der Waals surface area contributed by atoms with Crippen LogP contribution in [0.1, 0.15) is 0 Å². The zero-order valence-corrected chi connectivity index (χ0v) is 13.0. The van der Waals surface area contributed by atoms with E-state index in [0.717, 1.165) is 33.8 Å². The molecule has 0 saturated heterocycles. The molecule has 0 aliphatic heterocycles. The molecule has 0 spiro atoms. The summed E-state index contributed by atoms with van der Waals surface area (Å²) in [5.41, 5.74) is 5.27. The maximum Gasteiger partial charge on any atom is 0.137 e. The smallest absolute Gasteiger partial charge is 0.137 e. The third kappa shape index (κ3) is 2.66. The van der Waals surface area contributed by atoms with E-state index in [1.54, 1.807) is 0 Å². The van der Waals surface area contributed by atoms with Crippen molar-refractivity contribution in [2.75, 3.05) is 13.2 Å². The van der Waals surface area contributed by atoms with Gasteiger partial charge in [0.05, 0.1) is 18.5 Å². The molecule has 4 rings (SSSR count). The number of aromatic nitrogens is 3. The van der Waals surface area contributed by atoms with Gasteiger partial charge in [0.15, 0.2) is 0 Å². The van der Waals surface area contributed by atoms with E-state index in [2.05, 4.69) is 26.6 Å². The first-order valence-corrected chi connectivity index (χ1v) is 7.79. The Hall–Kier alpha value is -3.05. The van der Waals surface area contributed by atoms with Gasteiger partial charge in [0.1, 0.15) is 18.0 Å². The minimum Gasteiger partial charge on any atom is -0.491 e. The molecule has 0 bridgehead atoms. The number of nitrogens with one attached hydrogen (secondary N) is 1. The number of aromatic amines is 1. The van der Waals surface area contributed by atoms with Gasteiger partial charge >= 0.3 is 0 Å². The largest absolute Gasteiger partial charge is 0.491 e. The molecule has 0 unspecified atom stereocenters. The molecule has 2 N–H and O–H groups in total. The van der Waals surface area contributed by atoms with Crippen molar-refractivity contribution in [1.82, 2.24) is 14.4 Å². The van der Waals surface area contributed by atoms with Crippen LogP contribution in [0.3, 0.4) is 0 Å². The van der Waals surface area contributed by atoms with Crippen molar-refractivity contribution in [3.8, 4) is 28.1 Å². The fourth-order valence-corrected chi connectivity index (χ4v) is 2.75. The summed E-state index contributed by atoms with van der Waals surface area (Å²) in [6.07, 6.45) is 7.86. The maximum absolute atomic E-state index is 8.82. The summed E-state index contributed by atoms with van der Waals surface area (Å²) in [6, 6.07) is 13.9. The number of imidazole rings is 1. The molecule has 3 aromatic heterocycles. The second-order valence-corrected chi connectivity index (χ2v) is 5.49. The minimum absolute atomic E-state index is 0.0109. The maximum atomic E-state index is 8.82. The number of benzene rings is 1. The highest BCUT2D eigenvalue weighted by atomic mass is 16.5. The molecular formula is C19H17N3O2. The molecule has 0 aliphatic carbocycles. The molecule has 0 radical (unpaired) electrons. The van der Waals surface area contributed by atoms with Gasteiger partial charge in [-0.25, -0.2) is 4.98 Å². The number of pyridine rings is 1. The Balaban J connectivity index is 1.72. The summed E-state index contributed by atoms with van der Waals surface area (Å²) in [5.74, 6) is 0.745. The van der Waals surface area contributed by atoms with Gasteiger partial charge in [0.25, 0.3) is 0 Å². The molecule has 5 heteroatoms. The van der Waals surface area contributed by atoms with Crippen LogP contribution in [-0.4, -0.2) is 32.7 Å². The van der Waals surface area contributed by atoms with E-state index in [9.17, 15) is 0 Å². The first kappa shape index (κ1) is 14.5. The highest BCUT2D eigenvalue weighted by molar-refractivity contribution is 5.69. The Morgan fingerprint density at radius 2 is 1.83 bits per heavy atom. The molecule has 0 saturated carbocycles. The van der Waals surface area contributed by atoms with Crippen molar-refractivity contribution >= 4 is 5.65 Å². The third-order valence-corrected chi connectivity index (χ3v) is 3.95. The lowest BCUT2D eigenvalue weighted by Crippen LogP contribution is -2.01. The second-order valence-electron chi connectivity index (χ2n) is 5.49. The zero-order chi connectivity index (χ0) is 16.4. The fourth-order valence-electron chi connectivity index (χ4n) is 2.75. The van der Waals surface area contributed by atoms with Gasteiger partial charge in [-0.2, -0.15) is 0 Å². The van der Waals surface area contributed by atoms with E-state index >= 15 is 0 Å². The number of H-pyrrole nitrogens is 1. The van der Waals surface area contributed by atoms with Crippen LogP contribution in [0.4, 0.5) is 0 Å². The van der Waals surface area contributed by atoms with Crippen LogP contribution in [-0.2, 0) is 0 Å². The SMILES string of the molecule is OCCOc1ccc(-c2cnc3ccc(-c4cc[nH]c4)cn23)cc1. The number of hydrogen-bond acceptors (Lipinski definition) is 3. The molecule has 1 aromatic carbocycles. The number of nitrogens with zero attached hydrogens (tertiary/aromatic N) is 2. The lowest BCUT2D eigenvalue weighted by molar-refractivity contribution is 0.201. The standard InChI is InChI=1S/C19H17N3O2/c23-9-10-24-17-4-1-14(2-5-17)18-12-21-19-6-3-16(13-22(18)19)15-7-8-20-11-15/h1-8,11-13,20,23H,9-10H2. The monoisotopic (exact) mass is 319 g/mol. The summed E-state index contributed by atoms with van der Waals surface area (Å²) in [6.45, 7) is 0.311. The Morgan fingerprint density at radius 3 is 2.58 bits per heavy atom. The molecule has 5 nitrogen and oxygen atoms in total. The fraction of sp³-hybridized carbons (Fsp3) is 0.105. The van der Waals surface area contributed by atoms with Gasteiger partial charge in [0, 0.05) is 29.7 Å². The van der Waals surface area contributed by atoms with Gasteiger partial charge in [-0.1, -0.05) is 0 Å². The quantitative estimate of drug-likeness (QED) is 0.593. The molecule has 24 heavy (non-hydrogen) atoms. The van der Waals surface area contributed by atoms with E-state index in [-0.39, 0.29) is 6.61 Å². The summed E-state index contributed by atoms with van der Waals surface area (Å²) in [5, 5.41) is 8.82. The van der Waals surface area contributed by atoms with E-state index in [1.807, 2.05) is 55.0 Å². The average molecular weight is 319 g/mol. The number of ether oxygens (including phenoxy) is 1. The molecule has 0 fully saturated rings. The number of fused-ring (bicyclic) bond motifs is 1. The van der Waals surface area contributed by atoms with E-state index < -0.39 is 0 Å². The predicted octanol–water partition coefficient (Wildman–Crippen LogP) is 3.37. The summed E-state index contributed by atoms with van der Waals surface area (Å²) in [4.78, 5) is 7.56. The van der Waals surface area contributed by atoms with Crippen LogP contribution >= 0.6 is 0 Å². The highest BCUT2D eigenvalue weighted by Gasteiger charge is 2.08. The van der Waals surface area contributed by atoms with Crippen molar-refractivity contribution < 1.29 is 9.84 Å². The summed E-state index contributed by atoms with van der Waals surface area (Å²) >= 11 is 0. The molecule has 0 aliphatic rings. The lowest BCUT2D eigenvalue weighted by Gasteiger charge is -2.07. The van der Waals surface area contributed by atoms with E-state index in [4.69, 9.17) is 9.84 Å². The average Bonchev–Trinajstić information content (AvgIpc) is 3.29. The van der Waals surface area contributed by atoms with Gasteiger partial charge in [0.2, 0.25) is 0 Å². The van der Waals surface area contributed by atoms with Crippen molar-refractivity contribution in [3.63, 3.8) is 0 Å². The van der Waals surface area contributed by atoms with Gasteiger partial charge in [-0.15, -0.1) is 0 Å². The summed E-state index contributed by atoms with van der Waals surface area (Å²) in [7, 11) is 0. The third-order valence-electron chi connectivity index (χ3n) is 3.95. The van der Waals surface area contributed by atoms with Crippen LogP contribution in [0, 0.1) is 0 Å². The van der Waals surface area contributed by atoms with Crippen LogP contribution in [0.25, 0.3) is 28.0 Å². The van der Waals surface area contributed by atoms with Crippen LogP contribution in [0.2, 0.25) is 0 Å². The summed E-state index contributed by atoms with van der Waals surface area (Å²) < 4.78 is 7.50. The van der Waals surface area contributed by atoms with Gasteiger partial charge in [-0.05, 0) is 48.0 Å². The highest BCUT2D eigenvalue weighted by Crippen LogP contribution is 2.26.